The predicted molar refractivity (Wildman–Crippen MR) is 117 cm³/mol. The normalized spacial score (nSPS) is 16.2. The third-order valence-corrected chi connectivity index (χ3v) is 5.51. The van der Waals surface area contributed by atoms with Crippen molar-refractivity contribution >= 4 is 28.4 Å². The molecule has 31 heavy (non-hydrogen) atoms. The number of H-pyrrole nitrogens is 1. The summed E-state index contributed by atoms with van der Waals surface area (Å²) in [4.78, 5) is 30.1. The topological polar surface area (TPSA) is 92.9 Å². The van der Waals surface area contributed by atoms with Gasteiger partial charge in [0.25, 0.3) is 5.91 Å². The zero-order valence-corrected chi connectivity index (χ0v) is 17.7. The lowest BCUT2D eigenvalue weighted by atomic mass is 10.1. The molecule has 0 spiro atoms. The van der Waals surface area contributed by atoms with Gasteiger partial charge in [-0.25, -0.2) is 4.90 Å². The average molecular weight is 423 g/mol. The van der Waals surface area contributed by atoms with E-state index in [0.29, 0.717) is 29.5 Å². The molecule has 1 unspecified atom stereocenters. The van der Waals surface area contributed by atoms with Crippen LogP contribution in [-0.2, 0) is 16.0 Å². The fourth-order valence-corrected chi connectivity index (χ4v) is 3.98. The van der Waals surface area contributed by atoms with E-state index in [1.54, 1.807) is 12.1 Å². The van der Waals surface area contributed by atoms with Gasteiger partial charge in [0.15, 0.2) is 11.5 Å². The minimum absolute atomic E-state index is 0.101. The van der Waals surface area contributed by atoms with Crippen molar-refractivity contribution in [2.45, 2.75) is 18.9 Å². The minimum Gasteiger partial charge on any atom is -0.493 e. The maximum atomic E-state index is 13.0. The smallest absolute Gasteiger partial charge is 0.251 e. The van der Waals surface area contributed by atoms with Gasteiger partial charge in [-0.2, -0.15) is 0 Å². The first kappa shape index (κ1) is 20.7. The Kier molecular flexibility index (Phi) is 5.81. The van der Waals surface area contributed by atoms with E-state index in [1.165, 1.54) is 31.8 Å². The number of imide groups is 1. The van der Waals surface area contributed by atoms with E-state index in [2.05, 4.69) is 16.4 Å². The van der Waals surface area contributed by atoms with Gasteiger partial charge in [-0.3, -0.25) is 9.59 Å². The molecule has 3 aromatic rings. The fourth-order valence-electron chi connectivity index (χ4n) is 3.98. The molecule has 1 fully saturated rings. The number of aromatic amines is 1. The van der Waals surface area contributed by atoms with Crippen LogP contribution >= 0.6 is 0 Å². The van der Waals surface area contributed by atoms with E-state index in [4.69, 9.17) is 14.2 Å². The van der Waals surface area contributed by atoms with Crippen molar-refractivity contribution < 1.29 is 23.8 Å². The number of fused-ring (bicyclic) bond motifs is 1. The summed E-state index contributed by atoms with van der Waals surface area (Å²) in [6, 6.07) is 10.7. The molecule has 1 aliphatic rings. The van der Waals surface area contributed by atoms with Gasteiger partial charge in [-0.1, -0.05) is 18.2 Å². The monoisotopic (exact) mass is 423 g/mol. The molecule has 1 aromatic heterocycles. The third kappa shape index (κ3) is 3.82. The fraction of sp³-hybridized carbons (Fsp3) is 0.304. The van der Waals surface area contributed by atoms with Gasteiger partial charge in [0.05, 0.1) is 39.5 Å². The van der Waals surface area contributed by atoms with Crippen LogP contribution in [0.2, 0.25) is 0 Å². The maximum absolute atomic E-state index is 13.0. The molecule has 2 N–H and O–H groups in total. The van der Waals surface area contributed by atoms with Gasteiger partial charge in [0.2, 0.25) is 11.7 Å². The molecule has 1 atom stereocenters. The number of carbonyl (C=O) groups is 2. The number of para-hydroxylation sites is 1. The van der Waals surface area contributed by atoms with Gasteiger partial charge in [0, 0.05) is 35.8 Å². The van der Waals surface area contributed by atoms with E-state index in [1.807, 2.05) is 24.4 Å². The molecule has 162 valence electrons. The molecule has 8 heteroatoms. The lowest BCUT2D eigenvalue weighted by Gasteiger charge is -2.19. The SMILES string of the molecule is COc1cc(N2C(=O)CC(NCCc3c[nH]c4ccccc34)C2=O)cc(OC)c1OC. The van der Waals surface area contributed by atoms with Crippen LogP contribution in [0.25, 0.3) is 10.9 Å². The van der Waals surface area contributed by atoms with E-state index >= 15 is 0 Å². The summed E-state index contributed by atoms with van der Waals surface area (Å²) in [5, 5.41) is 4.40. The molecule has 4 rings (SSSR count). The zero-order valence-electron chi connectivity index (χ0n) is 17.7. The van der Waals surface area contributed by atoms with Crippen LogP contribution in [0.5, 0.6) is 17.2 Å². The highest BCUT2D eigenvalue weighted by atomic mass is 16.5. The standard InChI is InChI=1S/C23H25N3O5/c1-29-19-10-15(11-20(30-2)22(19)31-3)26-21(27)12-18(23(26)28)24-9-8-14-13-25-17-7-5-4-6-16(14)17/h4-7,10-11,13,18,24-25H,8-9,12H2,1-3H3. The predicted octanol–water partition coefficient (Wildman–Crippen LogP) is 2.66. The number of carbonyl (C=O) groups excluding carboxylic acids is 2. The van der Waals surface area contributed by atoms with Crippen molar-refractivity contribution in [2.75, 3.05) is 32.8 Å². The molecule has 0 saturated carbocycles. The van der Waals surface area contributed by atoms with Crippen LogP contribution in [0, 0.1) is 0 Å². The maximum Gasteiger partial charge on any atom is 0.251 e. The van der Waals surface area contributed by atoms with Crippen LogP contribution in [0.1, 0.15) is 12.0 Å². The summed E-state index contributed by atoms with van der Waals surface area (Å²) >= 11 is 0. The Balaban J connectivity index is 1.47. The van der Waals surface area contributed by atoms with Crippen LogP contribution in [0.15, 0.2) is 42.6 Å². The van der Waals surface area contributed by atoms with Crippen molar-refractivity contribution in [2.24, 2.45) is 0 Å². The molecule has 1 aliphatic heterocycles. The Hall–Kier alpha value is -3.52. The first-order valence-electron chi connectivity index (χ1n) is 10.0. The summed E-state index contributed by atoms with van der Waals surface area (Å²) in [7, 11) is 4.48. The van der Waals surface area contributed by atoms with E-state index in [-0.39, 0.29) is 18.2 Å². The Bertz CT molecular complexity index is 1100. The molecule has 0 aliphatic carbocycles. The van der Waals surface area contributed by atoms with Crippen molar-refractivity contribution in [3.63, 3.8) is 0 Å². The largest absolute Gasteiger partial charge is 0.493 e. The lowest BCUT2D eigenvalue weighted by Crippen LogP contribution is -2.39. The third-order valence-electron chi connectivity index (χ3n) is 5.51. The van der Waals surface area contributed by atoms with Gasteiger partial charge < -0.3 is 24.5 Å². The van der Waals surface area contributed by atoms with Crippen LogP contribution in [-0.4, -0.2) is 50.7 Å². The van der Waals surface area contributed by atoms with Gasteiger partial charge in [0.1, 0.15) is 0 Å². The highest BCUT2D eigenvalue weighted by Gasteiger charge is 2.40. The van der Waals surface area contributed by atoms with Crippen molar-refractivity contribution in [3.05, 3.63) is 48.2 Å². The number of ether oxygens (including phenoxy) is 3. The molecule has 2 aromatic carbocycles. The van der Waals surface area contributed by atoms with Crippen LogP contribution in [0.3, 0.4) is 0 Å². The van der Waals surface area contributed by atoms with Crippen LogP contribution in [0.4, 0.5) is 5.69 Å². The summed E-state index contributed by atoms with van der Waals surface area (Å²) in [5.41, 5.74) is 2.64. The molecule has 2 heterocycles. The molecule has 0 radical (unpaired) electrons. The quantitative estimate of drug-likeness (QED) is 0.541. The second-order valence-corrected chi connectivity index (χ2v) is 7.27. The summed E-state index contributed by atoms with van der Waals surface area (Å²) in [6.07, 6.45) is 2.83. The highest BCUT2D eigenvalue weighted by molar-refractivity contribution is 6.22. The number of anilines is 1. The average Bonchev–Trinajstić information content (AvgIpc) is 3.33. The van der Waals surface area contributed by atoms with E-state index in [9.17, 15) is 9.59 Å². The molecule has 0 bridgehead atoms. The molecule has 2 amide bonds. The van der Waals surface area contributed by atoms with Gasteiger partial charge >= 0.3 is 0 Å². The number of nitrogens with one attached hydrogen (secondary N) is 2. The first-order chi connectivity index (χ1) is 15.1. The minimum atomic E-state index is -0.572. The summed E-state index contributed by atoms with van der Waals surface area (Å²) in [5.74, 6) is 0.602. The van der Waals surface area contributed by atoms with E-state index in [0.717, 1.165) is 17.3 Å². The number of benzene rings is 2. The Labute approximate surface area is 180 Å². The van der Waals surface area contributed by atoms with Crippen molar-refractivity contribution in [1.29, 1.82) is 0 Å². The number of amides is 2. The second-order valence-electron chi connectivity index (χ2n) is 7.27. The molecular formula is C23H25N3O5. The number of hydrogen-bond acceptors (Lipinski definition) is 6. The highest BCUT2D eigenvalue weighted by Crippen LogP contribution is 2.42. The number of nitrogens with zero attached hydrogens (tertiary/aromatic N) is 1. The number of aromatic nitrogens is 1. The van der Waals surface area contributed by atoms with E-state index < -0.39 is 6.04 Å². The number of methoxy groups -OCH3 is 3. The first-order valence-corrected chi connectivity index (χ1v) is 10.0. The Morgan fingerprint density at radius 2 is 1.77 bits per heavy atom. The van der Waals surface area contributed by atoms with Crippen molar-refractivity contribution in [1.82, 2.24) is 10.3 Å². The lowest BCUT2D eigenvalue weighted by molar-refractivity contribution is -0.121. The number of rotatable bonds is 8. The van der Waals surface area contributed by atoms with Crippen molar-refractivity contribution in [3.8, 4) is 17.2 Å². The summed E-state index contributed by atoms with van der Waals surface area (Å²) < 4.78 is 16.0. The number of hydrogen-bond donors (Lipinski definition) is 2. The molecule has 8 nitrogen and oxygen atoms in total. The van der Waals surface area contributed by atoms with Gasteiger partial charge in [-0.15, -0.1) is 0 Å². The zero-order chi connectivity index (χ0) is 22.0. The van der Waals surface area contributed by atoms with Crippen LogP contribution < -0.4 is 24.4 Å². The summed E-state index contributed by atoms with van der Waals surface area (Å²) in [6.45, 7) is 0.578. The van der Waals surface area contributed by atoms with Gasteiger partial charge in [-0.05, 0) is 18.1 Å². The Morgan fingerprint density at radius 3 is 2.45 bits per heavy atom. The second kappa shape index (κ2) is 8.69. The molecular weight excluding hydrogens is 398 g/mol. The Morgan fingerprint density at radius 1 is 1.06 bits per heavy atom. The molecule has 1 saturated heterocycles.